The molecule has 0 spiro atoms. The number of halogens is 2. The van der Waals surface area contributed by atoms with Crippen LogP contribution in [0, 0.1) is 0 Å². The number of carbonyl (C=O) groups excluding carboxylic acids is 2. The highest BCUT2D eigenvalue weighted by Gasteiger charge is 2.46. The zero-order valence-electron chi connectivity index (χ0n) is 19.9. The Morgan fingerprint density at radius 3 is 2.29 bits per heavy atom. The number of nitrogens with zero attached hydrogens (tertiary/aromatic N) is 3. The Morgan fingerprint density at radius 1 is 1.09 bits per heavy atom. The van der Waals surface area contributed by atoms with Crippen molar-refractivity contribution in [2.24, 2.45) is 0 Å². The molecule has 34 heavy (non-hydrogen) atoms. The Bertz CT molecular complexity index is 1110. The van der Waals surface area contributed by atoms with E-state index < -0.39 is 17.7 Å². The predicted octanol–water partition coefficient (Wildman–Crippen LogP) is 4.44. The molecule has 1 atom stereocenters. The number of benzene rings is 2. The summed E-state index contributed by atoms with van der Waals surface area (Å²) >= 11 is 12.4. The molecule has 1 unspecified atom stereocenters. The lowest BCUT2D eigenvalue weighted by Crippen LogP contribution is -2.32. The van der Waals surface area contributed by atoms with Gasteiger partial charge in [0.2, 0.25) is 0 Å². The van der Waals surface area contributed by atoms with E-state index in [-0.39, 0.29) is 32.7 Å². The number of anilines is 1. The van der Waals surface area contributed by atoms with Crippen LogP contribution >= 0.6 is 23.2 Å². The van der Waals surface area contributed by atoms with Crippen LogP contribution in [0.25, 0.3) is 5.76 Å². The van der Waals surface area contributed by atoms with Gasteiger partial charge >= 0.3 is 0 Å². The Morgan fingerprint density at radius 2 is 1.74 bits per heavy atom. The lowest BCUT2D eigenvalue weighted by atomic mass is 9.94. The highest BCUT2D eigenvalue weighted by atomic mass is 35.5. The van der Waals surface area contributed by atoms with Crippen LogP contribution in [0.5, 0.6) is 5.75 Å². The maximum Gasteiger partial charge on any atom is 0.295 e. The SMILES string of the molecule is COc1c(Cl)cc(Cl)cc1/C(O)=C1\C(=O)C(=O)N(CCCN(C)C)C1c1ccc(N(C)C)cc1. The Balaban J connectivity index is 2.19. The minimum Gasteiger partial charge on any atom is -0.507 e. The number of carbonyl (C=O) groups is 2. The maximum absolute atomic E-state index is 13.2. The van der Waals surface area contributed by atoms with Gasteiger partial charge in [0.1, 0.15) is 11.5 Å². The lowest BCUT2D eigenvalue weighted by molar-refractivity contribution is -0.139. The van der Waals surface area contributed by atoms with Crippen LogP contribution in [-0.2, 0) is 9.59 Å². The maximum atomic E-state index is 13.2. The van der Waals surface area contributed by atoms with E-state index in [9.17, 15) is 14.7 Å². The molecule has 9 heteroatoms. The van der Waals surface area contributed by atoms with Gasteiger partial charge in [0.05, 0.1) is 29.3 Å². The first kappa shape index (κ1) is 25.9. The van der Waals surface area contributed by atoms with Gasteiger partial charge in [0, 0.05) is 31.4 Å². The van der Waals surface area contributed by atoms with Gasteiger partial charge in [0.25, 0.3) is 11.7 Å². The third-order valence-corrected chi connectivity index (χ3v) is 6.24. The second kappa shape index (κ2) is 10.7. The van der Waals surface area contributed by atoms with Crippen molar-refractivity contribution in [1.82, 2.24) is 9.80 Å². The van der Waals surface area contributed by atoms with E-state index in [1.807, 2.05) is 62.3 Å². The van der Waals surface area contributed by atoms with Gasteiger partial charge in [-0.3, -0.25) is 9.59 Å². The molecule has 0 aliphatic carbocycles. The fourth-order valence-corrected chi connectivity index (χ4v) is 4.63. The molecule has 3 rings (SSSR count). The molecule has 2 aromatic carbocycles. The molecule has 0 bridgehead atoms. The molecule has 0 radical (unpaired) electrons. The van der Waals surface area contributed by atoms with Crippen molar-refractivity contribution in [1.29, 1.82) is 0 Å². The summed E-state index contributed by atoms with van der Waals surface area (Å²) in [6.07, 6.45) is 0.665. The van der Waals surface area contributed by atoms with E-state index >= 15 is 0 Å². The molecule has 1 aliphatic rings. The average molecular weight is 506 g/mol. The fraction of sp³-hybridized carbons (Fsp3) is 0.360. The summed E-state index contributed by atoms with van der Waals surface area (Å²) in [5, 5.41) is 11.8. The van der Waals surface area contributed by atoms with E-state index in [0.717, 1.165) is 12.2 Å². The lowest BCUT2D eigenvalue weighted by Gasteiger charge is -2.26. The molecule has 1 fully saturated rings. The van der Waals surface area contributed by atoms with E-state index in [4.69, 9.17) is 27.9 Å². The van der Waals surface area contributed by atoms with Crippen LogP contribution in [-0.4, -0.2) is 75.0 Å². The van der Waals surface area contributed by atoms with E-state index in [2.05, 4.69) is 0 Å². The molecule has 1 saturated heterocycles. The zero-order valence-corrected chi connectivity index (χ0v) is 21.4. The number of rotatable bonds is 8. The number of hydrogen-bond acceptors (Lipinski definition) is 6. The van der Waals surface area contributed by atoms with Gasteiger partial charge in [-0.25, -0.2) is 0 Å². The number of hydrogen-bond donors (Lipinski definition) is 1. The second-order valence-electron chi connectivity index (χ2n) is 8.60. The molecular weight excluding hydrogens is 477 g/mol. The molecule has 1 amide bonds. The summed E-state index contributed by atoms with van der Waals surface area (Å²) in [7, 11) is 9.15. The number of amides is 1. The van der Waals surface area contributed by atoms with E-state index in [0.29, 0.717) is 18.5 Å². The van der Waals surface area contributed by atoms with Crippen molar-refractivity contribution in [2.45, 2.75) is 12.5 Å². The van der Waals surface area contributed by atoms with Crippen LogP contribution < -0.4 is 9.64 Å². The van der Waals surface area contributed by atoms with Crippen molar-refractivity contribution < 1.29 is 19.4 Å². The van der Waals surface area contributed by atoms with Crippen LogP contribution in [0.2, 0.25) is 10.0 Å². The molecule has 1 aliphatic heterocycles. The van der Waals surface area contributed by atoms with Crippen molar-refractivity contribution >= 4 is 46.3 Å². The number of Topliss-reactive ketones (excluding diaryl/α,β-unsaturated/α-hetero) is 1. The average Bonchev–Trinajstić information content (AvgIpc) is 3.03. The molecular formula is C25H29Cl2N3O4. The van der Waals surface area contributed by atoms with Gasteiger partial charge < -0.3 is 24.5 Å². The van der Waals surface area contributed by atoms with Crippen molar-refractivity contribution in [3.8, 4) is 5.75 Å². The van der Waals surface area contributed by atoms with Gasteiger partial charge in [-0.05, 0) is 56.9 Å². The van der Waals surface area contributed by atoms with Crippen molar-refractivity contribution in [2.75, 3.05) is 53.3 Å². The molecule has 0 aromatic heterocycles. The van der Waals surface area contributed by atoms with Gasteiger partial charge in [0.15, 0.2) is 0 Å². The largest absolute Gasteiger partial charge is 0.507 e. The Kier molecular flexibility index (Phi) is 8.13. The van der Waals surface area contributed by atoms with Gasteiger partial charge in [-0.2, -0.15) is 0 Å². The number of aliphatic hydroxyl groups excluding tert-OH is 1. The third kappa shape index (κ3) is 5.17. The van der Waals surface area contributed by atoms with Crippen LogP contribution in [0.15, 0.2) is 42.0 Å². The molecule has 1 N–H and O–H groups in total. The fourth-order valence-electron chi connectivity index (χ4n) is 4.06. The predicted molar refractivity (Wildman–Crippen MR) is 136 cm³/mol. The summed E-state index contributed by atoms with van der Waals surface area (Å²) in [6.45, 7) is 1.10. The van der Waals surface area contributed by atoms with E-state index in [1.54, 1.807) is 0 Å². The van der Waals surface area contributed by atoms with Crippen molar-refractivity contribution in [3.05, 3.63) is 63.1 Å². The first-order chi connectivity index (χ1) is 16.1. The minimum atomic E-state index is -0.763. The smallest absolute Gasteiger partial charge is 0.295 e. The summed E-state index contributed by atoms with van der Waals surface area (Å²) in [5.74, 6) is -1.63. The van der Waals surface area contributed by atoms with E-state index in [1.165, 1.54) is 24.1 Å². The Labute approximate surface area is 210 Å². The molecule has 7 nitrogen and oxygen atoms in total. The van der Waals surface area contributed by atoms with Crippen molar-refractivity contribution in [3.63, 3.8) is 0 Å². The second-order valence-corrected chi connectivity index (χ2v) is 9.45. The van der Waals surface area contributed by atoms with Gasteiger partial charge in [-0.15, -0.1) is 0 Å². The number of likely N-dealkylation sites (tertiary alicyclic amines) is 1. The Hall–Kier alpha value is -2.74. The monoisotopic (exact) mass is 505 g/mol. The summed E-state index contributed by atoms with van der Waals surface area (Å²) < 4.78 is 5.37. The summed E-state index contributed by atoms with van der Waals surface area (Å²) in [6, 6.07) is 9.73. The zero-order chi connectivity index (χ0) is 25.2. The third-order valence-electron chi connectivity index (χ3n) is 5.74. The minimum absolute atomic E-state index is 0.0240. The normalized spacial score (nSPS) is 17.5. The van der Waals surface area contributed by atoms with Gasteiger partial charge in [-0.1, -0.05) is 35.3 Å². The quantitative estimate of drug-likeness (QED) is 0.324. The standard InChI is InChI=1S/C25H29Cl2N3O4/c1-28(2)11-6-12-30-21(15-7-9-17(10-8-15)29(3)4)20(23(32)25(30)33)22(31)18-13-16(26)14-19(27)24(18)34-5/h7-10,13-14,21,31H,6,11-12H2,1-5H3/b22-20+. The first-order valence-electron chi connectivity index (χ1n) is 10.8. The number of methoxy groups -OCH3 is 1. The van der Waals surface area contributed by atoms with Crippen LogP contribution in [0.3, 0.4) is 0 Å². The first-order valence-corrected chi connectivity index (χ1v) is 11.6. The number of ether oxygens (including phenoxy) is 1. The molecule has 2 aromatic rings. The number of aliphatic hydroxyl groups is 1. The van der Waals surface area contributed by atoms with Crippen LogP contribution in [0.1, 0.15) is 23.6 Å². The summed E-state index contributed by atoms with van der Waals surface area (Å²) in [4.78, 5) is 31.8. The summed E-state index contributed by atoms with van der Waals surface area (Å²) in [5.41, 5.74) is 1.81. The molecule has 0 saturated carbocycles. The highest BCUT2D eigenvalue weighted by molar-refractivity contribution is 6.46. The topological polar surface area (TPSA) is 73.3 Å². The number of ketones is 1. The van der Waals surface area contributed by atoms with Crippen LogP contribution in [0.4, 0.5) is 5.69 Å². The highest BCUT2D eigenvalue weighted by Crippen LogP contribution is 2.43. The molecule has 182 valence electrons. The molecule has 1 heterocycles.